The van der Waals surface area contributed by atoms with Gasteiger partial charge in [0.1, 0.15) is 11.2 Å². The molecule has 5 rings (SSSR count). The van der Waals surface area contributed by atoms with E-state index in [4.69, 9.17) is 19.0 Å². The third kappa shape index (κ3) is 4.56. The fourth-order valence-corrected chi connectivity index (χ4v) is 6.86. The van der Waals surface area contributed by atoms with Crippen molar-refractivity contribution in [1.29, 1.82) is 0 Å². The molecule has 0 aromatic carbocycles. The van der Waals surface area contributed by atoms with Crippen LogP contribution >= 0.6 is 0 Å². The van der Waals surface area contributed by atoms with Crippen molar-refractivity contribution >= 4 is 18.0 Å². The summed E-state index contributed by atoms with van der Waals surface area (Å²) in [6, 6.07) is 0.256. The molecular formula is C25H41N3O8. The SMILES string of the molecule is C.COC(=O)C1=C[C@@H]2CCCCC2N1N(O)OC.COC(=O)N1[C@H]2CCCC[C@H]2C2CC21C(=O)OC. The molecule has 0 aromatic heterocycles. The summed E-state index contributed by atoms with van der Waals surface area (Å²) in [5.74, 6) is 0.303. The van der Waals surface area contributed by atoms with Crippen LogP contribution < -0.4 is 0 Å². The molecule has 1 amide bonds. The number of esters is 2. The van der Waals surface area contributed by atoms with Gasteiger partial charge in [0, 0.05) is 23.2 Å². The van der Waals surface area contributed by atoms with Gasteiger partial charge < -0.3 is 14.2 Å². The highest BCUT2D eigenvalue weighted by Gasteiger charge is 2.76. The molecule has 3 aliphatic carbocycles. The van der Waals surface area contributed by atoms with E-state index in [9.17, 15) is 19.6 Å². The Morgan fingerprint density at radius 3 is 2.19 bits per heavy atom. The van der Waals surface area contributed by atoms with E-state index in [2.05, 4.69) is 0 Å². The molecule has 6 atom stereocenters. The maximum absolute atomic E-state index is 12.1. The summed E-state index contributed by atoms with van der Waals surface area (Å²) in [6.45, 7) is 0. The minimum atomic E-state index is -0.707. The molecule has 11 heteroatoms. The molecule has 204 valence electrons. The number of nitrogens with zero attached hydrogens (tertiary/aromatic N) is 3. The van der Waals surface area contributed by atoms with E-state index in [1.165, 1.54) is 39.9 Å². The second-order valence-corrected chi connectivity index (χ2v) is 9.92. The Bertz CT molecular complexity index is 866. The average Bonchev–Trinajstić information content (AvgIpc) is 3.41. The third-order valence-electron chi connectivity index (χ3n) is 8.41. The first-order chi connectivity index (χ1) is 16.8. The van der Waals surface area contributed by atoms with Gasteiger partial charge in [0.15, 0.2) is 0 Å². The van der Waals surface area contributed by atoms with Gasteiger partial charge in [0.2, 0.25) is 0 Å². The highest BCUT2D eigenvalue weighted by Crippen LogP contribution is 2.64. The quantitative estimate of drug-likeness (QED) is 0.342. The van der Waals surface area contributed by atoms with Gasteiger partial charge in [-0.15, -0.1) is 0 Å². The van der Waals surface area contributed by atoms with Crippen LogP contribution in [0.4, 0.5) is 4.79 Å². The molecule has 36 heavy (non-hydrogen) atoms. The Kier molecular flexibility index (Phi) is 8.89. The first-order valence-electron chi connectivity index (χ1n) is 12.4. The van der Waals surface area contributed by atoms with Gasteiger partial charge >= 0.3 is 18.0 Å². The zero-order valence-electron chi connectivity index (χ0n) is 21.0. The lowest BCUT2D eigenvalue weighted by atomic mass is 9.83. The second-order valence-electron chi connectivity index (χ2n) is 9.92. The van der Waals surface area contributed by atoms with Gasteiger partial charge in [-0.25, -0.2) is 19.4 Å². The van der Waals surface area contributed by atoms with E-state index in [1.807, 2.05) is 6.08 Å². The van der Waals surface area contributed by atoms with Gasteiger partial charge in [-0.1, -0.05) is 33.1 Å². The number of fused-ring (bicyclic) bond motifs is 4. The minimum Gasteiger partial charge on any atom is -0.467 e. The highest BCUT2D eigenvalue weighted by atomic mass is 16.9. The predicted molar refractivity (Wildman–Crippen MR) is 128 cm³/mol. The zero-order chi connectivity index (χ0) is 25.3. The molecule has 2 aliphatic heterocycles. The summed E-state index contributed by atoms with van der Waals surface area (Å²) in [4.78, 5) is 42.2. The first-order valence-corrected chi connectivity index (χ1v) is 12.4. The van der Waals surface area contributed by atoms with Gasteiger partial charge in [0.05, 0.1) is 34.5 Å². The van der Waals surface area contributed by atoms with Crippen molar-refractivity contribution in [2.24, 2.45) is 17.8 Å². The number of hydrazine groups is 1. The van der Waals surface area contributed by atoms with Crippen LogP contribution in [0.25, 0.3) is 0 Å². The van der Waals surface area contributed by atoms with Crippen LogP contribution in [0, 0.1) is 17.8 Å². The number of carbonyl (C=O) groups excluding carboxylic acids is 3. The van der Waals surface area contributed by atoms with E-state index < -0.39 is 11.5 Å². The fraction of sp³-hybridized carbons (Fsp3) is 0.800. The summed E-state index contributed by atoms with van der Waals surface area (Å²) in [7, 11) is 5.45. The number of amides is 1. The molecule has 3 unspecified atom stereocenters. The molecule has 0 spiro atoms. The minimum absolute atomic E-state index is 0. The number of carbonyl (C=O) groups is 3. The first kappa shape index (κ1) is 28.2. The molecular weight excluding hydrogens is 470 g/mol. The molecule has 3 saturated carbocycles. The molecule has 5 aliphatic rings. The Morgan fingerprint density at radius 2 is 1.58 bits per heavy atom. The Hall–Kier alpha value is -2.37. The van der Waals surface area contributed by atoms with Crippen LogP contribution in [0.5, 0.6) is 0 Å². The smallest absolute Gasteiger partial charge is 0.410 e. The zero-order valence-corrected chi connectivity index (χ0v) is 21.0. The molecule has 0 aromatic rings. The number of rotatable bonds is 4. The molecule has 1 saturated heterocycles. The van der Waals surface area contributed by atoms with Crippen LogP contribution in [-0.4, -0.2) is 84.5 Å². The number of piperidine rings is 1. The standard InChI is InChI=1S/C13H19NO4.C11H18N2O4.CH4/c1-17-11(15)13-7-9(13)8-5-3-4-6-10(8)14(13)12(16)18-2;1-16-11(14)10-7-8-5-3-4-6-9(8)12(10)13(15)17-2;/h8-10H,3-7H2,1-2H3;7-9,15H,3-6H2,1-2H3;1H4/t8-,9?,10-,13?;8-,9?;/m00./s1. The largest absolute Gasteiger partial charge is 0.467 e. The summed E-state index contributed by atoms with van der Waals surface area (Å²) < 4.78 is 14.5. The van der Waals surface area contributed by atoms with Crippen molar-refractivity contribution in [2.75, 3.05) is 28.4 Å². The molecule has 0 radical (unpaired) electrons. The van der Waals surface area contributed by atoms with Crippen molar-refractivity contribution in [1.82, 2.24) is 15.2 Å². The number of hydrogen-bond donors (Lipinski definition) is 1. The Balaban J connectivity index is 0.000000196. The van der Waals surface area contributed by atoms with E-state index in [-0.39, 0.29) is 43.4 Å². The van der Waals surface area contributed by atoms with E-state index in [1.54, 1.807) is 4.90 Å². The van der Waals surface area contributed by atoms with Gasteiger partial charge in [-0.2, -0.15) is 0 Å². The van der Waals surface area contributed by atoms with E-state index in [0.29, 0.717) is 17.0 Å². The van der Waals surface area contributed by atoms with Gasteiger partial charge in [-0.05, 0) is 44.1 Å². The lowest BCUT2D eigenvalue weighted by molar-refractivity contribution is -0.428. The number of methoxy groups -OCH3 is 3. The molecule has 1 N–H and O–H groups in total. The number of hydrogen-bond acceptors (Lipinski definition) is 10. The van der Waals surface area contributed by atoms with Crippen LogP contribution in [0.1, 0.15) is 65.2 Å². The Morgan fingerprint density at radius 1 is 0.944 bits per heavy atom. The van der Waals surface area contributed by atoms with Crippen molar-refractivity contribution in [3.8, 4) is 0 Å². The molecule has 2 heterocycles. The molecule has 11 nitrogen and oxygen atoms in total. The highest BCUT2D eigenvalue weighted by molar-refractivity contribution is 5.91. The second kappa shape index (κ2) is 11.4. The topological polar surface area (TPSA) is 118 Å². The van der Waals surface area contributed by atoms with Crippen molar-refractivity contribution in [3.05, 3.63) is 11.8 Å². The Labute approximate surface area is 213 Å². The van der Waals surface area contributed by atoms with Crippen molar-refractivity contribution in [3.63, 3.8) is 0 Å². The maximum atomic E-state index is 12.1. The van der Waals surface area contributed by atoms with Gasteiger partial charge in [0.25, 0.3) is 0 Å². The van der Waals surface area contributed by atoms with Crippen LogP contribution in [-0.2, 0) is 28.6 Å². The average molecular weight is 512 g/mol. The summed E-state index contributed by atoms with van der Waals surface area (Å²) in [5.41, 5.74) is -0.352. The lowest BCUT2D eigenvalue weighted by Gasteiger charge is -2.36. The molecule has 4 fully saturated rings. The van der Waals surface area contributed by atoms with Crippen molar-refractivity contribution in [2.45, 2.75) is 82.8 Å². The van der Waals surface area contributed by atoms with Crippen molar-refractivity contribution < 1.29 is 38.6 Å². The predicted octanol–water partition coefficient (Wildman–Crippen LogP) is 3.28. The number of ether oxygens (including phenoxy) is 3. The van der Waals surface area contributed by atoms with Gasteiger partial charge in [-0.3, -0.25) is 14.9 Å². The van der Waals surface area contributed by atoms with Crippen LogP contribution in [0.2, 0.25) is 0 Å². The lowest BCUT2D eigenvalue weighted by Crippen LogP contribution is -2.51. The normalized spacial score (nSPS) is 33.6. The van der Waals surface area contributed by atoms with Crippen LogP contribution in [0.3, 0.4) is 0 Å². The monoisotopic (exact) mass is 511 g/mol. The number of likely N-dealkylation sites (tertiary alicyclic amines) is 1. The summed E-state index contributed by atoms with van der Waals surface area (Å²) in [5, 5.41) is 11.8. The van der Waals surface area contributed by atoms with E-state index >= 15 is 0 Å². The summed E-state index contributed by atoms with van der Waals surface area (Å²) >= 11 is 0. The van der Waals surface area contributed by atoms with Crippen LogP contribution in [0.15, 0.2) is 11.8 Å². The molecule has 0 bridgehead atoms. The van der Waals surface area contributed by atoms with E-state index in [0.717, 1.165) is 51.4 Å². The fourth-order valence-electron chi connectivity index (χ4n) is 6.86. The summed E-state index contributed by atoms with van der Waals surface area (Å²) in [6.07, 6.45) is 10.9. The maximum Gasteiger partial charge on any atom is 0.410 e. The third-order valence-corrected chi connectivity index (χ3v) is 8.41.